The van der Waals surface area contributed by atoms with Crippen molar-refractivity contribution in [3.63, 3.8) is 0 Å². The number of benzene rings is 2. The molecule has 4 nitrogen and oxygen atoms in total. The summed E-state index contributed by atoms with van der Waals surface area (Å²) in [5, 5.41) is 2.96. The number of carbonyl (C=O) groups excluding carboxylic acids is 2. The lowest BCUT2D eigenvalue weighted by Gasteiger charge is -2.17. The minimum absolute atomic E-state index is 0.0427. The highest BCUT2D eigenvalue weighted by Crippen LogP contribution is 2.21. The van der Waals surface area contributed by atoms with Crippen LogP contribution in [0.15, 0.2) is 60.7 Å². The van der Waals surface area contributed by atoms with E-state index in [1.165, 1.54) is 0 Å². The van der Waals surface area contributed by atoms with Crippen molar-refractivity contribution in [2.45, 2.75) is 18.9 Å². The topological polar surface area (TPSA) is 49.4 Å². The van der Waals surface area contributed by atoms with E-state index in [-0.39, 0.29) is 17.9 Å². The van der Waals surface area contributed by atoms with E-state index >= 15 is 0 Å². The molecule has 2 amide bonds. The molecule has 0 saturated carbocycles. The molecule has 0 radical (unpaired) electrons. The van der Waals surface area contributed by atoms with Gasteiger partial charge in [-0.3, -0.25) is 9.59 Å². The van der Waals surface area contributed by atoms with E-state index < -0.39 is 0 Å². The molecule has 0 spiro atoms. The average Bonchev–Trinajstić information content (AvgIpc) is 2.89. The normalized spacial score (nSPS) is 17.5. The second-order valence-corrected chi connectivity index (χ2v) is 5.47. The number of carbonyl (C=O) groups is 2. The lowest BCUT2D eigenvalue weighted by atomic mass is 10.1. The maximum absolute atomic E-state index is 12.1. The molecule has 1 fully saturated rings. The second-order valence-electron chi connectivity index (χ2n) is 5.47. The number of nitrogens with one attached hydrogen (secondary N) is 1. The zero-order valence-electron chi connectivity index (χ0n) is 12.2. The van der Waals surface area contributed by atoms with Gasteiger partial charge < -0.3 is 10.2 Å². The van der Waals surface area contributed by atoms with E-state index in [1.54, 1.807) is 4.90 Å². The summed E-state index contributed by atoms with van der Waals surface area (Å²) in [5.74, 6) is 0.00937. The third kappa shape index (κ3) is 3.34. The molecule has 1 aliphatic heterocycles. The van der Waals surface area contributed by atoms with E-state index in [0.29, 0.717) is 19.4 Å². The summed E-state index contributed by atoms with van der Waals surface area (Å²) in [6.45, 7) is 0.531. The summed E-state index contributed by atoms with van der Waals surface area (Å²) >= 11 is 0. The van der Waals surface area contributed by atoms with Crippen LogP contribution in [0, 0.1) is 0 Å². The molecule has 2 aromatic rings. The average molecular weight is 294 g/mol. The van der Waals surface area contributed by atoms with Crippen LogP contribution < -0.4 is 10.2 Å². The Hall–Kier alpha value is -2.62. The molecule has 1 aliphatic rings. The lowest BCUT2D eigenvalue weighted by molar-refractivity contribution is -0.121. The quantitative estimate of drug-likeness (QED) is 0.939. The van der Waals surface area contributed by atoms with Crippen LogP contribution in [0.3, 0.4) is 0 Å². The number of rotatable bonds is 4. The highest BCUT2D eigenvalue weighted by atomic mass is 16.2. The molecular weight excluding hydrogens is 276 g/mol. The van der Waals surface area contributed by atoms with Gasteiger partial charge in [-0.2, -0.15) is 0 Å². The molecule has 0 aromatic heterocycles. The monoisotopic (exact) mass is 294 g/mol. The fourth-order valence-electron chi connectivity index (χ4n) is 2.72. The van der Waals surface area contributed by atoms with Gasteiger partial charge in [-0.1, -0.05) is 48.5 Å². The Labute approximate surface area is 129 Å². The number of nitrogens with zero attached hydrogens (tertiary/aromatic N) is 1. The molecule has 2 aromatic carbocycles. The summed E-state index contributed by atoms with van der Waals surface area (Å²) in [5.41, 5.74) is 1.86. The molecule has 0 bridgehead atoms. The Morgan fingerprint density at radius 2 is 1.68 bits per heavy atom. The van der Waals surface area contributed by atoms with E-state index in [4.69, 9.17) is 0 Å². The highest BCUT2D eigenvalue weighted by molar-refractivity contribution is 5.96. The van der Waals surface area contributed by atoms with Gasteiger partial charge in [0.2, 0.25) is 11.8 Å². The van der Waals surface area contributed by atoms with E-state index in [2.05, 4.69) is 5.32 Å². The Morgan fingerprint density at radius 1 is 1.05 bits per heavy atom. The van der Waals surface area contributed by atoms with Crippen molar-refractivity contribution in [1.29, 1.82) is 0 Å². The van der Waals surface area contributed by atoms with Crippen LogP contribution in [0.2, 0.25) is 0 Å². The maximum atomic E-state index is 12.1. The van der Waals surface area contributed by atoms with E-state index in [1.807, 2.05) is 60.7 Å². The second kappa shape index (κ2) is 6.43. The molecule has 3 rings (SSSR count). The van der Waals surface area contributed by atoms with Gasteiger partial charge >= 0.3 is 0 Å². The van der Waals surface area contributed by atoms with Gasteiger partial charge in [-0.05, 0) is 17.7 Å². The van der Waals surface area contributed by atoms with Gasteiger partial charge in [0.25, 0.3) is 0 Å². The minimum atomic E-state index is -0.121. The van der Waals surface area contributed by atoms with Crippen LogP contribution in [-0.4, -0.2) is 24.4 Å². The Morgan fingerprint density at radius 3 is 2.36 bits per heavy atom. The summed E-state index contributed by atoms with van der Waals surface area (Å²) in [7, 11) is 0. The summed E-state index contributed by atoms with van der Waals surface area (Å²) < 4.78 is 0. The molecule has 1 unspecified atom stereocenters. The lowest BCUT2D eigenvalue weighted by Crippen LogP contribution is -2.38. The SMILES string of the molecule is O=C(Cc1ccccc1)NC1CC(=O)N(c2ccccc2)C1. The van der Waals surface area contributed by atoms with Crippen molar-refractivity contribution in [1.82, 2.24) is 5.32 Å². The van der Waals surface area contributed by atoms with Crippen LogP contribution in [-0.2, 0) is 16.0 Å². The van der Waals surface area contributed by atoms with Crippen LogP contribution in [0.5, 0.6) is 0 Å². The first-order chi connectivity index (χ1) is 10.7. The Balaban J connectivity index is 1.58. The smallest absolute Gasteiger partial charge is 0.229 e. The number of hydrogen-bond acceptors (Lipinski definition) is 2. The third-order valence-corrected chi connectivity index (χ3v) is 3.77. The van der Waals surface area contributed by atoms with Gasteiger partial charge in [0.15, 0.2) is 0 Å². The van der Waals surface area contributed by atoms with Crippen molar-refractivity contribution >= 4 is 17.5 Å². The largest absolute Gasteiger partial charge is 0.351 e. The molecule has 0 aliphatic carbocycles. The van der Waals surface area contributed by atoms with E-state index in [9.17, 15) is 9.59 Å². The molecule has 4 heteroatoms. The third-order valence-electron chi connectivity index (χ3n) is 3.77. The van der Waals surface area contributed by atoms with Gasteiger partial charge in [0, 0.05) is 18.7 Å². The predicted molar refractivity (Wildman–Crippen MR) is 85.5 cm³/mol. The van der Waals surface area contributed by atoms with Crippen LogP contribution in [0.25, 0.3) is 0 Å². The van der Waals surface area contributed by atoms with Crippen LogP contribution in [0.4, 0.5) is 5.69 Å². The Kier molecular flexibility index (Phi) is 4.19. The van der Waals surface area contributed by atoms with Crippen molar-refractivity contribution in [2.24, 2.45) is 0 Å². The standard InChI is InChI=1S/C18H18N2O2/c21-17(11-14-7-3-1-4-8-14)19-15-12-18(22)20(13-15)16-9-5-2-6-10-16/h1-10,15H,11-13H2,(H,19,21). The van der Waals surface area contributed by atoms with Gasteiger partial charge in [0.1, 0.15) is 0 Å². The molecule has 1 saturated heterocycles. The fraction of sp³-hybridized carbons (Fsp3) is 0.222. The minimum Gasteiger partial charge on any atom is -0.351 e. The number of hydrogen-bond donors (Lipinski definition) is 1. The molecule has 1 N–H and O–H groups in total. The van der Waals surface area contributed by atoms with Gasteiger partial charge in [0.05, 0.1) is 12.5 Å². The first kappa shape index (κ1) is 14.3. The van der Waals surface area contributed by atoms with Crippen molar-refractivity contribution < 1.29 is 9.59 Å². The summed E-state index contributed by atoms with van der Waals surface area (Å²) in [4.78, 5) is 25.9. The van der Waals surface area contributed by atoms with E-state index in [0.717, 1.165) is 11.3 Å². The Bertz CT molecular complexity index is 655. The van der Waals surface area contributed by atoms with Crippen molar-refractivity contribution in [3.05, 3.63) is 66.2 Å². The van der Waals surface area contributed by atoms with Gasteiger partial charge in [-0.15, -0.1) is 0 Å². The number of amides is 2. The first-order valence-corrected chi connectivity index (χ1v) is 7.41. The van der Waals surface area contributed by atoms with Crippen LogP contribution >= 0.6 is 0 Å². The van der Waals surface area contributed by atoms with Crippen molar-refractivity contribution in [2.75, 3.05) is 11.4 Å². The molecular formula is C18H18N2O2. The number of para-hydroxylation sites is 1. The number of anilines is 1. The summed E-state index contributed by atoms with van der Waals surface area (Å²) in [6.07, 6.45) is 0.701. The zero-order chi connectivity index (χ0) is 15.4. The maximum Gasteiger partial charge on any atom is 0.229 e. The summed E-state index contributed by atoms with van der Waals surface area (Å²) in [6, 6.07) is 19.0. The first-order valence-electron chi connectivity index (χ1n) is 7.41. The predicted octanol–water partition coefficient (Wildman–Crippen LogP) is 2.15. The highest BCUT2D eigenvalue weighted by Gasteiger charge is 2.31. The fourth-order valence-corrected chi connectivity index (χ4v) is 2.72. The molecule has 112 valence electrons. The van der Waals surface area contributed by atoms with Crippen molar-refractivity contribution in [3.8, 4) is 0 Å². The zero-order valence-corrected chi connectivity index (χ0v) is 12.2. The molecule has 1 atom stereocenters. The molecule has 1 heterocycles. The molecule has 22 heavy (non-hydrogen) atoms. The van der Waals surface area contributed by atoms with Gasteiger partial charge in [-0.25, -0.2) is 0 Å². The van der Waals surface area contributed by atoms with Crippen LogP contribution in [0.1, 0.15) is 12.0 Å².